The fourth-order valence-corrected chi connectivity index (χ4v) is 7.96. The molecule has 224 valence electrons. The summed E-state index contributed by atoms with van der Waals surface area (Å²) in [7, 11) is -4.09. The minimum atomic E-state index is -4.09. The molecule has 0 radical (unpaired) electrons. The van der Waals surface area contributed by atoms with Crippen LogP contribution in [0.2, 0.25) is 0 Å². The van der Waals surface area contributed by atoms with E-state index in [4.69, 9.17) is 9.39 Å². The zero-order chi connectivity index (χ0) is 30.6. The zero-order valence-electron chi connectivity index (χ0n) is 21.4. The SMILES string of the molecule is O=C(CCN(CCCCS(=O)(=O)O)c1ccc(N=Nc2nc3c(Br)c(Br)c(Br)c(Br)c3s2)cc1)ON1C(=O)CCC1=O. The van der Waals surface area contributed by atoms with Gasteiger partial charge in [0.2, 0.25) is 5.13 Å². The number of hydrogen-bond donors (Lipinski definition) is 1. The second-order valence-corrected chi connectivity index (χ2v) is 14.6. The van der Waals surface area contributed by atoms with Crippen LogP contribution in [-0.4, -0.2) is 59.6 Å². The number of benzene rings is 2. The number of thiazole rings is 1. The lowest BCUT2D eigenvalue weighted by molar-refractivity contribution is -0.197. The van der Waals surface area contributed by atoms with Crippen molar-refractivity contribution in [3.05, 3.63) is 42.2 Å². The lowest BCUT2D eigenvalue weighted by atomic mass is 10.2. The Hall–Kier alpha value is -1.83. The summed E-state index contributed by atoms with van der Waals surface area (Å²) in [4.78, 5) is 47.2. The van der Waals surface area contributed by atoms with E-state index in [2.05, 4.69) is 78.9 Å². The number of nitrogens with zero attached hydrogens (tertiary/aromatic N) is 5. The molecule has 12 nitrogen and oxygen atoms in total. The lowest BCUT2D eigenvalue weighted by Gasteiger charge is -2.25. The van der Waals surface area contributed by atoms with Crippen LogP contribution in [-0.2, 0) is 29.3 Å². The molecule has 0 bridgehead atoms. The van der Waals surface area contributed by atoms with Gasteiger partial charge in [0.05, 0.1) is 31.5 Å². The van der Waals surface area contributed by atoms with Crippen molar-refractivity contribution in [3.63, 3.8) is 0 Å². The van der Waals surface area contributed by atoms with E-state index in [-0.39, 0.29) is 38.0 Å². The smallest absolute Gasteiger partial charge is 0.334 e. The number of carbonyl (C=O) groups excluding carboxylic acids is 3. The quantitative estimate of drug-likeness (QED) is 0.0495. The Morgan fingerprint density at radius 3 is 2.26 bits per heavy atom. The highest BCUT2D eigenvalue weighted by Crippen LogP contribution is 2.46. The van der Waals surface area contributed by atoms with Crippen LogP contribution in [0.5, 0.6) is 0 Å². The van der Waals surface area contributed by atoms with E-state index in [1.165, 1.54) is 11.3 Å². The molecule has 0 spiro atoms. The third-order valence-electron chi connectivity index (χ3n) is 5.93. The molecule has 2 aromatic carbocycles. The summed E-state index contributed by atoms with van der Waals surface area (Å²) < 4.78 is 35.4. The predicted octanol–water partition coefficient (Wildman–Crippen LogP) is 7.23. The van der Waals surface area contributed by atoms with Crippen molar-refractivity contribution < 1.29 is 32.2 Å². The van der Waals surface area contributed by atoms with E-state index in [1.807, 2.05) is 4.90 Å². The molecule has 1 saturated heterocycles. The molecule has 1 aliphatic heterocycles. The lowest BCUT2D eigenvalue weighted by Crippen LogP contribution is -2.34. The number of aromatic nitrogens is 1. The highest BCUT2D eigenvalue weighted by Gasteiger charge is 2.32. The predicted molar refractivity (Wildman–Crippen MR) is 171 cm³/mol. The molecule has 1 aliphatic rings. The van der Waals surface area contributed by atoms with Crippen LogP contribution in [0, 0.1) is 0 Å². The van der Waals surface area contributed by atoms with Gasteiger partial charge in [-0.2, -0.15) is 8.42 Å². The van der Waals surface area contributed by atoms with Gasteiger partial charge >= 0.3 is 5.97 Å². The van der Waals surface area contributed by atoms with Crippen LogP contribution in [0.4, 0.5) is 16.5 Å². The van der Waals surface area contributed by atoms with Crippen molar-refractivity contribution in [1.29, 1.82) is 0 Å². The second kappa shape index (κ2) is 14.3. The van der Waals surface area contributed by atoms with Gasteiger partial charge in [-0.15, -0.1) is 15.3 Å². The minimum absolute atomic E-state index is 0.000680. The first kappa shape index (κ1) is 33.1. The van der Waals surface area contributed by atoms with Gasteiger partial charge in [-0.25, -0.2) is 9.78 Å². The first-order valence-corrected chi connectivity index (χ1v) is 17.8. The molecule has 0 atom stereocenters. The van der Waals surface area contributed by atoms with E-state index in [9.17, 15) is 22.8 Å². The number of rotatable bonds is 12. The average Bonchev–Trinajstić information content (AvgIpc) is 3.52. The fraction of sp³-hybridized carbons (Fsp3) is 0.333. The number of imide groups is 1. The third-order valence-corrected chi connectivity index (χ3v) is 12.7. The van der Waals surface area contributed by atoms with Crippen LogP contribution in [0.25, 0.3) is 10.2 Å². The minimum Gasteiger partial charge on any atom is -0.371 e. The Balaban J connectivity index is 1.45. The van der Waals surface area contributed by atoms with Gasteiger partial charge in [0, 0.05) is 40.6 Å². The van der Waals surface area contributed by atoms with Crippen LogP contribution in [0.1, 0.15) is 32.1 Å². The number of anilines is 1. The second-order valence-electron chi connectivity index (χ2n) is 8.92. The number of unbranched alkanes of at least 4 members (excludes halogenated alkanes) is 1. The van der Waals surface area contributed by atoms with Gasteiger partial charge in [0.1, 0.15) is 5.52 Å². The highest BCUT2D eigenvalue weighted by molar-refractivity contribution is 9.15. The number of fused-ring (bicyclic) bond motifs is 1. The van der Waals surface area contributed by atoms with Crippen molar-refractivity contribution in [2.24, 2.45) is 10.2 Å². The standard InChI is InChI=1S/C24H21Br4N5O7S2/c25-18-19(26)21(28)23-22(20(18)27)29-24(41-23)31-30-13-3-5-14(6-4-13)32(10-1-2-12-42(37,38)39)11-9-17(36)40-33-15(34)7-8-16(33)35/h3-6H,1-2,7-12H2,(H,37,38,39). The summed E-state index contributed by atoms with van der Waals surface area (Å²) in [5.74, 6) is -2.26. The molecule has 4 rings (SSSR count). The number of azo groups is 1. The Labute approximate surface area is 278 Å². The van der Waals surface area contributed by atoms with Crippen molar-refractivity contribution >= 4 is 130 Å². The van der Waals surface area contributed by atoms with Crippen molar-refractivity contribution in [1.82, 2.24) is 10.0 Å². The monoisotopic (exact) mass is 871 g/mol. The Bertz CT molecular complexity index is 1600. The summed E-state index contributed by atoms with van der Waals surface area (Å²) in [5.41, 5.74) is 1.99. The summed E-state index contributed by atoms with van der Waals surface area (Å²) in [5, 5.41) is 9.52. The van der Waals surface area contributed by atoms with Crippen LogP contribution < -0.4 is 4.90 Å². The normalized spacial score (nSPS) is 14.0. The number of hydrogen-bond acceptors (Lipinski definition) is 11. The summed E-state index contributed by atoms with van der Waals surface area (Å²) in [6, 6.07) is 7.01. The Kier molecular flexibility index (Phi) is 11.3. The first-order chi connectivity index (χ1) is 19.8. The van der Waals surface area contributed by atoms with E-state index >= 15 is 0 Å². The van der Waals surface area contributed by atoms with Crippen LogP contribution >= 0.6 is 75.1 Å². The number of amides is 2. The maximum Gasteiger partial charge on any atom is 0.334 e. The largest absolute Gasteiger partial charge is 0.371 e. The van der Waals surface area contributed by atoms with Gasteiger partial charge in [-0.3, -0.25) is 14.1 Å². The molecule has 0 saturated carbocycles. The van der Waals surface area contributed by atoms with Crippen molar-refractivity contribution in [3.8, 4) is 0 Å². The van der Waals surface area contributed by atoms with E-state index in [0.29, 0.717) is 34.5 Å². The molecule has 3 aromatic rings. The molecule has 2 amide bonds. The Morgan fingerprint density at radius 2 is 1.62 bits per heavy atom. The fourth-order valence-electron chi connectivity index (χ4n) is 3.86. The van der Waals surface area contributed by atoms with Gasteiger partial charge in [0.25, 0.3) is 21.9 Å². The molecule has 18 heteroatoms. The highest BCUT2D eigenvalue weighted by atomic mass is 79.9. The number of carbonyl (C=O) groups is 3. The van der Waals surface area contributed by atoms with Crippen LogP contribution in [0.3, 0.4) is 0 Å². The van der Waals surface area contributed by atoms with E-state index in [1.54, 1.807) is 24.3 Å². The molecule has 1 fully saturated rings. The molecular weight excluding hydrogens is 854 g/mol. The van der Waals surface area contributed by atoms with Gasteiger partial charge in [0.15, 0.2) is 0 Å². The Morgan fingerprint density at radius 1 is 0.976 bits per heavy atom. The van der Waals surface area contributed by atoms with E-state index < -0.39 is 27.9 Å². The van der Waals surface area contributed by atoms with Crippen LogP contribution in [0.15, 0.2) is 52.4 Å². The molecule has 1 N–H and O–H groups in total. The summed E-state index contributed by atoms with van der Waals surface area (Å²) in [6.45, 7) is 0.536. The first-order valence-electron chi connectivity index (χ1n) is 12.2. The topological polar surface area (TPSA) is 159 Å². The average molecular weight is 875 g/mol. The molecular formula is C24H21Br4N5O7S2. The number of halogens is 4. The molecule has 0 unspecified atom stereocenters. The summed E-state index contributed by atoms with van der Waals surface area (Å²) >= 11 is 15.5. The maximum absolute atomic E-state index is 12.4. The van der Waals surface area contributed by atoms with Gasteiger partial charge < -0.3 is 9.74 Å². The number of hydroxylamine groups is 2. The van der Waals surface area contributed by atoms with Crippen molar-refractivity contribution in [2.75, 3.05) is 23.7 Å². The van der Waals surface area contributed by atoms with E-state index in [0.717, 1.165) is 28.1 Å². The maximum atomic E-state index is 12.4. The zero-order valence-corrected chi connectivity index (χ0v) is 29.4. The molecule has 0 aliphatic carbocycles. The van der Waals surface area contributed by atoms with Gasteiger partial charge in [-0.1, -0.05) is 11.3 Å². The van der Waals surface area contributed by atoms with Gasteiger partial charge in [-0.05, 0) is 101 Å². The summed E-state index contributed by atoms with van der Waals surface area (Å²) in [6.07, 6.45) is 0.489. The van der Waals surface area contributed by atoms with Crippen molar-refractivity contribution in [2.45, 2.75) is 32.1 Å². The molecule has 2 heterocycles. The third kappa shape index (κ3) is 8.41. The molecule has 42 heavy (non-hydrogen) atoms. The molecule has 1 aromatic heterocycles.